The largest absolute Gasteiger partial charge is 0.310 e. The van der Waals surface area contributed by atoms with Crippen LogP contribution < -0.4 is 5.62 Å². The Morgan fingerprint density at radius 3 is 2.84 bits per heavy atom. The van der Waals surface area contributed by atoms with Gasteiger partial charge in [0.1, 0.15) is 0 Å². The monoisotopic (exact) mass is 355 g/mol. The number of imidazole rings is 1. The standard InChI is InChI=1S/C20H22ClN3O/c1-3-12-23-19-14(2)6-4-9-17(19)24(20(23)22)13-18(25)15-7-5-8-16(21)11-10-15/h4-7,9-11,22H,3,8,12-13H2,1-2H3. The predicted octanol–water partition coefficient (Wildman–Crippen LogP) is 4.22. The van der Waals surface area contributed by atoms with E-state index in [9.17, 15) is 4.79 Å². The topological polar surface area (TPSA) is 50.8 Å². The molecule has 4 nitrogen and oxygen atoms in total. The summed E-state index contributed by atoms with van der Waals surface area (Å²) < 4.78 is 3.79. The van der Waals surface area contributed by atoms with E-state index in [1.165, 1.54) is 0 Å². The van der Waals surface area contributed by atoms with Crippen molar-refractivity contribution in [2.24, 2.45) is 0 Å². The van der Waals surface area contributed by atoms with E-state index in [2.05, 4.69) is 6.92 Å². The number of para-hydroxylation sites is 1. The fourth-order valence-electron chi connectivity index (χ4n) is 3.20. The van der Waals surface area contributed by atoms with Gasteiger partial charge in [0.05, 0.1) is 17.6 Å². The Morgan fingerprint density at radius 1 is 1.28 bits per heavy atom. The van der Waals surface area contributed by atoms with Crippen LogP contribution in [0.4, 0.5) is 0 Å². The molecule has 0 aliphatic heterocycles. The molecule has 1 aromatic carbocycles. The van der Waals surface area contributed by atoms with E-state index in [4.69, 9.17) is 17.0 Å². The van der Waals surface area contributed by atoms with Crippen LogP contribution in [0.15, 0.2) is 53.1 Å². The molecule has 5 heteroatoms. The van der Waals surface area contributed by atoms with Gasteiger partial charge in [-0.2, -0.15) is 0 Å². The highest BCUT2D eigenvalue weighted by Crippen LogP contribution is 2.19. The van der Waals surface area contributed by atoms with Gasteiger partial charge in [0, 0.05) is 23.6 Å². The van der Waals surface area contributed by atoms with E-state index in [1.54, 1.807) is 16.7 Å². The Morgan fingerprint density at radius 2 is 2.08 bits per heavy atom. The molecule has 0 atom stereocenters. The van der Waals surface area contributed by atoms with Crippen LogP contribution in [-0.4, -0.2) is 14.9 Å². The average Bonchev–Trinajstić information content (AvgIpc) is 2.74. The van der Waals surface area contributed by atoms with Crippen molar-refractivity contribution in [1.82, 2.24) is 9.13 Å². The third-order valence-corrected chi connectivity index (χ3v) is 4.69. The zero-order chi connectivity index (χ0) is 18.0. The highest BCUT2D eigenvalue weighted by molar-refractivity contribution is 6.29. The number of carbonyl (C=O) groups excluding carboxylic acids is 1. The number of nitrogens with one attached hydrogen (secondary N) is 1. The fourth-order valence-corrected chi connectivity index (χ4v) is 3.35. The number of nitrogens with zero attached hydrogens (tertiary/aromatic N) is 2. The highest BCUT2D eigenvalue weighted by atomic mass is 35.5. The molecule has 1 heterocycles. The maximum atomic E-state index is 12.8. The van der Waals surface area contributed by atoms with Gasteiger partial charge in [0.2, 0.25) is 5.62 Å². The van der Waals surface area contributed by atoms with E-state index in [1.807, 2.05) is 41.8 Å². The number of hydrogen-bond acceptors (Lipinski definition) is 2. The molecule has 0 unspecified atom stereocenters. The van der Waals surface area contributed by atoms with Crippen molar-refractivity contribution in [3.8, 4) is 0 Å². The van der Waals surface area contributed by atoms with Crippen LogP contribution in [0.5, 0.6) is 0 Å². The number of fused-ring (bicyclic) bond motifs is 1. The van der Waals surface area contributed by atoms with Crippen LogP contribution in [-0.2, 0) is 17.9 Å². The molecule has 1 aliphatic carbocycles. The molecular formula is C20H22ClN3O. The summed E-state index contributed by atoms with van der Waals surface area (Å²) in [5, 5.41) is 9.27. The summed E-state index contributed by atoms with van der Waals surface area (Å²) in [7, 11) is 0. The predicted molar refractivity (Wildman–Crippen MR) is 102 cm³/mol. The molecule has 3 rings (SSSR count). The summed E-state index contributed by atoms with van der Waals surface area (Å²) in [5.41, 5.74) is 4.07. The first-order valence-electron chi connectivity index (χ1n) is 8.52. The summed E-state index contributed by atoms with van der Waals surface area (Å²) in [6.07, 6.45) is 8.82. The lowest BCUT2D eigenvalue weighted by atomic mass is 10.1. The number of hydrogen-bond donors (Lipinski definition) is 1. The molecule has 1 aliphatic rings. The minimum atomic E-state index is -0.0191. The lowest BCUT2D eigenvalue weighted by Crippen LogP contribution is -2.27. The summed E-state index contributed by atoms with van der Waals surface area (Å²) in [5.74, 6) is -0.0191. The van der Waals surface area contributed by atoms with Crippen molar-refractivity contribution < 1.29 is 4.79 Å². The van der Waals surface area contributed by atoms with Gasteiger partial charge >= 0.3 is 0 Å². The number of aromatic nitrogens is 2. The molecule has 0 saturated heterocycles. The molecule has 130 valence electrons. The number of allylic oxidation sites excluding steroid dienone is 6. The molecular weight excluding hydrogens is 334 g/mol. The molecule has 2 aromatic rings. The molecule has 0 radical (unpaired) electrons. The van der Waals surface area contributed by atoms with E-state index >= 15 is 0 Å². The third-order valence-electron chi connectivity index (χ3n) is 4.41. The number of ketones is 1. The summed E-state index contributed by atoms with van der Waals surface area (Å²) in [4.78, 5) is 12.8. The van der Waals surface area contributed by atoms with Crippen molar-refractivity contribution in [2.45, 2.75) is 39.8 Å². The quantitative estimate of drug-likeness (QED) is 0.857. The van der Waals surface area contributed by atoms with Crippen molar-refractivity contribution in [1.29, 1.82) is 5.41 Å². The maximum Gasteiger partial charge on any atom is 0.203 e. The third kappa shape index (κ3) is 3.40. The lowest BCUT2D eigenvalue weighted by Gasteiger charge is -2.05. The Hall–Kier alpha value is -2.33. The van der Waals surface area contributed by atoms with E-state index < -0.39 is 0 Å². The molecule has 1 aromatic heterocycles. The first kappa shape index (κ1) is 17.5. The van der Waals surface area contributed by atoms with Gasteiger partial charge in [0.15, 0.2) is 5.78 Å². The second kappa shape index (κ2) is 7.28. The minimum absolute atomic E-state index is 0.0191. The zero-order valence-corrected chi connectivity index (χ0v) is 15.3. The van der Waals surface area contributed by atoms with Gasteiger partial charge < -0.3 is 9.13 Å². The number of aryl methyl sites for hydroxylation is 2. The van der Waals surface area contributed by atoms with Gasteiger partial charge in [-0.15, -0.1) is 0 Å². The van der Waals surface area contributed by atoms with Crippen molar-refractivity contribution in [2.75, 3.05) is 0 Å². The van der Waals surface area contributed by atoms with Crippen LogP contribution in [0.3, 0.4) is 0 Å². The van der Waals surface area contributed by atoms with Crippen molar-refractivity contribution in [3.05, 3.63) is 64.3 Å². The van der Waals surface area contributed by atoms with Gasteiger partial charge in [-0.05, 0) is 31.1 Å². The molecule has 25 heavy (non-hydrogen) atoms. The van der Waals surface area contributed by atoms with Crippen LogP contribution >= 0.6 is 11.6 Å². The summed E-state index contributed by atoms with van der Waals surface area (Å²) in [6.45, 7) is 5.05. The number of carbonyl (C=O) groups is 1. The number of Topliss-reactive ketones (excluding diaryl/α,β-unsaturated/α-hetero) is 1. The Labute approximate surface area is 152 Å². The van der Waals surface area contributed by atoms with Crippen LogP contribution in [0.25, 0.3) is 11.0 Å². The fraction of sp³-hybridized carbons (Fsp3) is 0.300. The zero-order valence-electron chi connectivity index (χ0n) is 14.6. The molecule has 0 fully saturated rings. The van der Waals surface area contributed by atoms with Crippen molar-refractivity contribution in [3.63, 3.8) is 0 Å². The molecule has 1 N–H and O–H groups in total. The summed E-state index contributed by atoms with van der Waals surface area (Å²) >= 11 is 6.03. The van der Waals surface area contributed by atoms with Gasteiger partial charge in [0.25, 0.3) is 0 Å². The van der Waals surface area contributed by atoms with Gasteiger partial charge in [-0.1, -0.05) is 48.9 Å². The normalized spacial score (nSPS) is 14.4. The van der Waals surface area contributed by atoms with Crippen LogP contribution in [0.1, 0.15) is 25.3 Å². The number of benzene rings is 1. The van der Waals surface area contributed by atoms with Crippen LogP contribution in [0.2, 0.25) is 0 Å². The number of halogens is 1. The van der Waals surface area contributed by atoms with Crippen molar-refractivity contribution >= 4 is 28.4 Å². The smallest absolute Gasteiger partial charge is 0.203 e. The van der Waals surface area contributed by atoms with E-state index in [0.29, 0.717) is 22.6 Å². The Bertz CT molecular complexity index is 973. The average molecular weight is 356 g/mol. The lowest BCUT2D eigenvalue weighted by molar-refractivity contribution is -0.115. The van der Waals surface area contributed by atoms with Crippen LogP contribution in [0, 0.1) is 12.3 Å². The highest BCUT2D eigenvalue weighted by Gasteiger charge is 2.16. The van der Waals surface area contributed by atoms with E-state index in [-0.39, 0.29) is 12.3 Å². The second-order valence-electron chi connectivity index (χ2n) is 6.27. The first-order chi connectivity index (χ1) is 12.0. The second-order valence-corrected chi connectivity index (χ2v) is 6.75. The number of rotatable bonds is 5. The Balaban J connectivity index is 2.05. The Kier molecular flexibility index (Phi) is 5.09. The summed E-state index contributed by atoms with van der Waals surface area (Å²) in [6, 6.07) is 6.00. The molecule has 0 saturated carbocycles. The minimum Gasteiger partial charge on any atom is -0.310 e. The molecule has 0 spiro atoms. The maximum absolute atomic E-state index is 12.8. The van der Waals surface area contributed by atoms with Gasteiger partial charge in [-0.25, -0.2) is 0 Å². The SMILES string of the molecule is CCCn1c(=N)n(CC(=O)C2=CC=C(Cl)CC=C2)c2cccc(C)c21. The first-order valence-corrected chi connectivity index (χ1v) is 8.90. The molecule has 0 amide bonds. The van der Waals surface area contributed by atoms with Gasteiger partial charge in [-0.3, -0.25) is 10.2 Å². The molecule has 0 bridgehead atoms. The van der Waals surface area contributed by atoms with E-state index in [0.717, 1.165) is 29.6 Å².